The number of fused-ring (bicyclic) bond motifs is 2. The SMILES string of the molecule is CC(=O)N1CCN(C(=O)CCC(=O)N/N=C2/C[C@@H]3CC[C@@]2(C)C3(C)C)CC1. The Kier molecular flexibility index (Phi) is 5.32. The van der Waals surface area contributed by atoms with Crippen molar-refractivity contribution in [3.05, 3.63) is 0 Å². The van der Waals surface area contributed by atoms with Crippen molar-refractivity contribution in [3.8, 4) is 0 Å². The second-order valence-corrected chi connectivity index (χ2v) is 8.97. The van der Waals surface area contributed by atoms with Crippen LogP contribution in [0.25, 0.3) is 0 Å². The molecular weight excluding hydrogens is 344 g/mol. The molecule has 2 atom stereocenters. The zero-order valence-corrected chi connectivity index (χ0v) is 17.0. The van der Waals surface area contributed by atoms with E-state index in [1.165, 1.54) is 6.42 Å². The molecule has 150 valence electrons. The molecular formula is C20H32N4O3. The van der Waals surface area contributed by atoms with Gasteiger partial charge in [-0.25, -0.2) is 5.43 Å². The largest absolute Gasteiger partial charge is 0.339 e. The fraction of sp³-hybridized carbons (Fsp3) is 0.800. The molecule has 3 aliphatic rings. The summed E-state index contributed by atoms with van der Waals surface area (Å²) in [7, 11) is 0. The van der Waals surface area contributed by atoms with E-state index in [0.717, 1.165) is 18.6 Å². The van der Waals surface area contributed by atoms with Crippen molar-refractivity contribution < 1.29 is 14.4 Å². The summed E-state index contributed by atoms with van der Waals surface area (Å²) in [4.78, 5) is 39.3. The van der Waals surface area contributed by atoms with Gasteiger partial charge in [-0.15, -0.1) is 0 Å². The lowest BCUT2D eigenvalue weighted by Crippen LogP contribution is -2.50. The maximum Gasteiger partial charge on any atom is 0.240 e. The molecule has 27 heavy (non-hydrogen) atoms. The quantitative estimate of drug-likeness (QED) is 0.759. The van der Waals surface area contributed by atoms with Crippen molar-refractivity contribution in [1.29, 1.82) is 0 Å². The van der Waals surface area contributed by atoms with Crippen molar-refractivity contribution >= 4 is 23.4 Å². The molecule has 7 nitrogen and oxygen atoms in total. The van der Waals surface area contributed by atoms with Gasteiger partial charge in [0.1, 0.15) is 0 Å². The first-order chi connectivity index (χ1) is 12.6. The molecule has 0 radical (unpaired) electrons. The van der Waals surface area contributed by atoms with E-state index in [0.29, 0.717) is 32.1 Å². The normalized spacial score (nSPS) is 30.7. The van der Waals surface area contributed by atoms with Gasteiger partial charge in [-0.2, -0.15) is 5.10 Å². The molecule has 3 amide bonds. The third kappa shape index (κ3) is 3.60. The Morgan fingerprint density at radius 2 is 1.70 bits per heavy atom. The standard InChI is InChI=1S/C20H32N4O3/c1-14(25)23-9-11-24(12-10-23)18(27)6-5-17(26)22-21-16-13-15-7-8-20(16,4)19(15,2)3/h15H,5-13H2,1-4H3,(H,22,26)/b21-16-/t15-,20+/m0/s1. The van der Waals surface area contributed by atoms with Gasteiger partial charge in [0.2, 0.25) is 17.7 Å². The van der Waals surface area contributed by atoms with Crippen LogP contribution in [0.3, 0.4) is 0 Å². The van der Waals surface area contributed by atoms with Gasteiger partial charge in [0.05, 0.1) is 0 Å². The van der Waals surface area contributed by atoms with Gasteiger partial charge in [0.15, 0.2) is 0 Å². The zero-order chi connectivity index (χ0) is 19.8. The highest BCUT2D eigenvalue weighted by Gasteiger charge is 2.60. The Balaban J connectivity index is 1.44. The Labute approximate surface area is 161 Å². The fourth-order valence-electron chi connectivity index (χ4n) is 4.93. The van der Waals surface area contributed by atoms with Crippen LogP contribution < -0.4 is 5.43 Å². The van der Waals surface area contributed by atoms with E-state index in [2.05, 4.69) is 31.3 Å². The molecule has 1 aliphatic heterocycles. The van der Waals surface area contributed by atoms with Crippen LogP contribution in [0.1, 0.15) is 59.8 Å². The number of hydrazone groups is 1. The van der Waals surface area contributed by atoms with E-state index >= 15 is 0 Å². The minimum atomic E-state index is -0.206. The molecule has 0 aromatic rings. The summed E-state index contributed by atoms with van der Waals surface area (Å²) in [6.45, 7) is 10.6. The van der Waals surface area contributed by atoms with E-state index in [4.69, 9.17) is 0 Å². The van der Waals surface area contributed by atoms with Crippen molar-refractivity contribution in [3.63, 3.8) is 0 Å². The fourth-order valence-corrected chi connectivity index (χ4v) is 4.93. The van der Waals surface area contributed by atoms with Gasteiger partial charge < -0.3 is 9.80 Å². The molecule has 3 rings (SSSR count). The summed E-state index contributed by atoms with van der Waals surface area (Å²) in [5, 5.41) is 4.44. The summed E-state index contributed by atoms with van der Waals surface area (Å²) in [5.74, 6) is 0.447. The molecule has 0 spiro atoms. The number of hydrogen-bond donors (Lipinski definition) is 1. The van der Waals surface area contributed by atoms with Gasteiger partial charge in [0, 0.05) is 57.1 Å². The van der Waals surface area contributed by atoms with Crippen molar-refractivity contribution in [2.75, 3.05) is 26.2 Å². The highest BCUT2D eigenvalue weighted by Crippen LogP contribution is 2.63. The van der Waals surface area contributed by atoms with Crippen LogP contribution in [0.5, 0.6) is 0 Å². The molecule has 2 aliphatic carbocycles. The van der Waals surface area contributed by atoms with Gasteiger partial charge in [-0.1, -0.05) is 20.8 Å². The number of rotatable bonds is 4. The summed E-state index contributed by atoms with van der Waals surface area (Å²) in [6, 6.07) is 0. The summed E-state index contributed by atoms with van der Waals surface area (Å²) >= 11 is 0. The highest BCUT2D eigenvalue weighted by molar-refractivity contribution is 5.95. The minimum absolute atomic E-state index is 0.0333. The smallest absolute Gasteiger partial charge is 0.240 e. The Bertz CT molecular complexity index is 664. The Morgan fingerprint density at radius 1 is 1.07 bits per heavy atom. The average Bonchev–Trinajstić information content (AvgIpc) is 2.97. The van der Waals surface area contributed by atoms with Crippen molar-refractivity contribution in [1.82, 2.24) is 15.2 Å². The number of hydrogen-bond acceptors (Lipinski definition) is 4. The second-order valence-electron chi connectivity index (χ2n) is 8.97. The predicted octanol–water partition coefficient (Wildman–Crippen LogP) is 1.78. The number of carbonyl (C=O) groups is 3. The maximum atomic E-state index is 12.3. The number of nitrogens with one attached hydrogen (secondary N) is 1. The Hall–Kier alpha value is -1.92. The Morgan fingerprint density at radius 3 is 2.22 bits per heavy atom. The van der Waals surface area contributed by atoms with Crippen LogP contribution in [-0.2, 0) is 14.4 Å². The third-order valence-electron chi connectivity index (χ3n) is 7.47. The zero-order valence-electron chi connectivity index (χ0n) is 17.0. The lowest BCUT2D eigenvalue weighted by atomic mass is 9.70. The monoisotopic (exact) mass is 376 g/mol. The maximum absolute atomic E-state index is 12.3. The van der Waals surface area contributed by atoms with E-state index in [1.807, 2.05) is 0 Å². The molecule has 1 N–H and O–H groups in total. The molecule has 0 aromatic carbocycles. The summed E-state index contributed by atoms with van der Waals surface area (Å²) in [5.41, 5.74) is 4.08. The number of piperazine rings is 1. The summed E-state index contributed by atoms with van der Waals surface area (Å²) < 4.78 is 0. The molecule has 2 saturated carbocycles. The molecule has 3 fully saturated rings. The van der Waals surface area contributed by atoms with E-state index in [-0.39, 0.29) is 41.4 Å². The van der Waals surface area contributed by atoms with E-state index < -0.39 is 0 Å². The number of amides is 3. The molecule has 0 unspecified atom stereocenters. The molecule has 7 heteroatoms. The predicted molar refractivity (Wildman–Crippen MR) is 103 cm³/mol. The first-order valence-corrected chi connectivity index (χ1v) is 10.0. The van der Waals surface area contributed by atoms with Crippen LogP contribution in [0, 0.1) is 16.7 Å². The number of nitrogens with zero attached hydrogens (tertiary/aromatic N) is 3. The minimum Gasteiger partial charge on any atom is -0.339 e. The average molecular weight is 377 g/mol. The van der Waals surface area contributed by atoms with Gasteiger partial charge in [-0.3, -0.25) is 14.4 Å². The van der Waals surface area contributed by atoms with Gasteiger partial charge >= 0.3 is 0 Å². The van der Waals surface area contributed by atoms with Crippen LogP contribution in [0.4, 0.5) is 0 Å². The topological polar surface area (TPSA) is 82.1 Å². The first kappa shape index (κ1) is 19.8. The van der Waals surface area contributed by atoms with Crippen LogP contribution >= 0.6 is 0 Å². The first-order valence-electron chi connectivity index (χ1n) is 10.0. The second kappa shape index (κ2) is 7.24. The van der Waals surface area contributed by atoms with Gasteiger partial charge in [0.25, 0.3) is 0 Å². The van der Waals surface area contributed by atoms with Crippen LogP contribution in [0.15, 0.2) is 5.10 Å². The van der Waals surface area contributed by atoms with Gasteiger partial charge in [-0.05, 0) is 30.6 Å². The van der Waals surface area contributed by atoms with E-state index in [1.54, 1.807) is 16.7 Å². The van der Waals surface area contributed by atoms with Crippen molar-refractivity contribution in [2.45, 2.75) is 59.8 Å². The van der Waals surface area contributed by atoms with Crippen LogP contribution in [-0.4, -0.2) is 59.4 Å². The summed E-state index contributed by atoms with van der Waals surface area (Å²) in [6.07, 6.45) is 3.66. The van der Waals surface area contributed by atoms with Crippen molar-refractivity contribution in [2.24, 2.45) is 21.8 Å². The molecule has 2 bridgehead atoms. The molecule has 1 saturated heterocycles. The molecule has 1 heterocycles. The molecule has 0 aromatic heterocycles. The highest BCUT2D eigenvalue weighted by atomic mass is 16.2. The lowest BCUT2D eigenvalue weighted by Gasteiger charge is -2.34. The third-order valence-corrected chi connectivity index (χ3v) is 7.47. The number of carbonyl (C=O) groups excluding carboxylic acids is 3. The lowest BCUT2D eigenvalue weighted by molar-refractivity contribution is -0.139. The van der Waals surface area contributed by atoms with E-state index in [9.17, 15) is 14.4 Å². The van der Waals surface area contributed by atoms with Crippen LogP contribution in [0.2, 0.25) is 0 Å².